The monoisotopic (exact) mass is 394 g/mol. The summed E-state index contributed by atoms with van der Waals surface area (Å²) in [5.41, 5.74) is 0. The zero-order chi connectivity index (χ0) is 11.2. The highest BCUT2D eigenvalue weighted by molar-refractivity contribution is 9.11. The minimum Gasteiger partial charge on any atom is -0.503 e. The van der Waals surface area contributed by atoms with Crippen LogP contribution < -0.4 is 0 Å². The molecule has 0 fully saturated rings. The summed E-state index contributed by atoms with van der Waals surface area (Å²) in [5.74, 6) is -0.316. The highest BCUT2D eigenvalue weighted by atomic mass is 79.9. The Labute approximate surface area is 111 Å². The molecular formula is C10H5Br3O2. The van der Waals surface area contributed by atoms with Gasteiger partial charge in [-0.2, -0.15) is 0 Å². The van der Waals surface area contributed by atoms with Gasteiger partial charge in [0.2, 0.25) is 0 Å². The third kappa shape index (κ3) is 1.77. The van der Waals surface area contributed by atoms with E-state index in [1.54, 1.807) is 0 Å². The second kappa shape index (κ2) is 3.96. The van der Waals surface area contributed by atoms with E-state index in [1.807, 2.05) is 18.2 Å². The van der Waals surface area contributed by atoms with E-state index < -0.39 is 0 Å². The van der Waals surface area contributed by atoms with Crippen molar-refractivity contribution in [3.05, 3.63) is 31.6 Å². The number of hydrogen-bond donors (Lipinski definition) is 2. The Balaban J connectivity index is 3.00. The van der Waals surface area contributed by atoms with Gasteiger partial charge in [0.25, 0.3) is 0 Å². The predicted octanol–water partition coefficient (Wildman–Crippen LogP) is 4.54. The van der Waals surface area contributed by atoms with Gasteiger partial charge in [-0.05, 0) is 44.0 Å². The van der Waals surface area contributed by atoms with Crippen LogP contribution >= 0.6 is 47.8 Å². The van der Waals surface area contributed by atoms with E-state index in [0.717, 1.165) is 15.2 Å². The van der Waals surface area contributed by atoms with Gasteiger partial charge in [0.1, 0.15) is 0 Å². The van der Waals surface area contributed by atoms with Crippen molar-refractivity contribution in [2.24, 2.45) is 0 Å². The molecule has 2 N–H and O–H groups in total. The van der Waals surface area contributed by atoms with Crippen molar-refractivity contribution in [1.29, 1.82) is 0 Å². The fourth-order valence-electron chi connectivity index (χ4n) is 1.35. The second-order valence-electron chi connectivity index (χ2n) is 3.02. The largest absolute Gasteiger partial charge is 0.503 e. The summed E-state index contributed by atoms with van der Waals surface area (Å²) in [6.07, 6.45) is 0. The van der Waals surface area contributed by atoms with Crippen LogP contribution in [-0.4, -0.2) is 10.2 Å². The molecule has 2 nitrogen and oxygen atoms in total. The molecule has 0 spiro atoms. The number of phenolic OH excluding ortho intramolecular Hbond substituents is 2. The Bertz CT molecular complexity index is 552. The van der Waals surface area contributed by atoms with Crippen LogP contribution in [0.5, 0.6) is 11.5 Å². The van der Waals surface area contributed by atoms with Gasteiger partial charge in [-0.15, -0.1) is 0 Å². The van der Waals surface area contributed by atoms with Gasteiger partial charge in [0.05, 0.1) is 8.95 Å². The molecule has 0 aliphatic heterocycles. The van der Waals surface area contributed by atoms with E-state index in [-0.39, 0.29) is 11.5 Å². The fraction of sp³-hybridized carbons (Fsp3) is 0. The number of aromatic hydroxyl groups is 2. The van der Waals surface area contributed by atoms with Crippen LogP contribution in [-0.2, 0) is 0 Å². The van der Waals surface area contributed by atoms with Crippen molar-refractivity contribution in [2.75, 3.05) is 0 Å². The van der Waals surface area contributed by atoms with Crippen LogP contribution in [0.4, 0.5) is 0 Å². The van der Waals surface area contributed by atoms with Gasteiger partial charge in [-0.25, -0.2) is 0 Å². The Morgan fingerprint density at radius 1 is 0.800 bits per heavy atom. The van der Waals surface area contributed by atoms with Crippen molar-refractivity contribution >= 4 is 58.6 Å². The number of halogens is 3. The van der Waals surface area contributed by atoms with Gasteiger partial charge in [-0.1, -0.05) is 22.0 Å². The standard InChI is InChI=1S/C10H5Br3O2/c11-4-1-2-5-6(3-4)8(13)10(15)9(14)7(5)12/h1-3,14-15H. The molecule has 0 bridgehead atoms. The van der Waals surface area contributed by atoms with Crippen molar-refractivity contribution in [2.45, 2.75) is 0 Å². The molecule has 0 amide bonds. The lowest BCUT2D eigenvalue weighted by Gasteiger charge is -2.09. The molecule has 0 aliphatic carbocycles. The lowest BCUT2D eigenvalue weighted by atomic mass is 10.1. The molecule has 78 valence electrons. The van der Waals surface area contributed by atoms with E-state index >= 15 is 0 Å². The van der Waals surface area contributed by atoms with E-state index in [4.69, 9.17) is 0 Å². The molecule has 0 saturated heterocycles. The molecule has 0 aromatic heterocycles. The Kier molecular flexibility index (Phi) is 2.96. The van der Waals surface area contributed by atoms with Crippen LogP contribution in [0.2, 0.25) is 0 Å². The normalized spacial score (nSPS) is 10.9. The van der Waals surface area contributed by atoms with Crippen molar-refractivity contribution in [1.82, 2.24) is 0 Å². The molecule has 0 atom stereocenters. The second-order valence-corrected chi connectivity index (χ2v) is 5.52. The first-order valence-corrected chi connectivity index (χ1v) is 6.38. The zero-order valence-electron chi connectivity index (χ0n) is 7.26. The highest BCUT2D eigenvalue weighted by Crippen LogP contribution is 2.46. The maximum atomic E-state index is 9.63. The molecule has 0 saturated carbocycles. The fourth-order valence-corrected chi connectivity index (χ4v) is 2.76. The number of phenols is 2. The number of fused-ring (bicyclic) bond motifs is 1. The minimum absolute atomic E-state index is 0.156. The summed E-state index contributed by atoms with van der Waals surface area (Å²) in [4.78, 5) is 0. The molecule has 2 aromatic rings. The van der Waals surface area contributed by atoms with Crippen molar-refractivity contribution in [3.63, 3.8) is 0 Å². The Hall–Kier alpha value is -0.260. The zero-order valence-corrected chi connectivity index (χ0v) is 12.0. The molecule has 5 heteroatoms. The minimum atomic E-state index is -0.160. The van der Waals surface area contributed by atoms with Crippen LogP contribution in [0.1, 0.15) is 0 Å². The van der Waals surface area contributed by atoms with Crippen molar-refractivity contribution in [3.8, 4) is 11.5 Å². The molecular weight excluding hydrogens is 392 g/mol. The third-order valence-corrected chi connectivity index (χ3v) is 4.19. The van der Waals surface area contributed by atoms with Gasteiger partial charge in [0, 0.05) is 15.2 Å². The number of rotatable bonds is 0. The van der Waals surface area contributed by atoms with Crippen LogP contribution in [0, 0.1) is 0 Å². The van der Waals surface area contributed by atoms with E-state index in [2.05, 4.69) is 47.8 Å². The average Bonchev–Trinajstić information content (AvgIpc) is 2.23. The van der Waals surface area contributed by atoms with Gasteiger partial charge in [-0.3, -0.25) is 0 Å². The lowest BCUT2D eigenvalue weighted by molar-refractivity contribution is 0.400. The van der Waals surface area contributed by atoms with Gasteiger partial charge >= 0.3 is 0 Å². The number of benzene rings is 2. The third-order valence-electron chi connectivity index (χ3n) is 2.09. The van der Waals surface area contributed by atoms with Crippen LogP contribution in [0.25, 0.3) is 10.8 Å². The molecule has 2 aromatic carbocycles. The van der Waals surface area contributed by atoms with E-state index in [9.17, 15) is 10.2 Å². The van der Waals surface area contributed by atoms with Gasteiger partial charge < -0.3 is 10.2 Å². The molecule has 15 heavy (non-hydrogen) atoms. The number of hydrogen-bond acceptors (Lipinski definition) is 2. The maximum Gasteiger partial charge on any atom is 0.173 e. The summed E-state index contributed by atoms with van der Waals surface area (Å²) >= 11 is 9.85. The Morgan fingerprint density at radius 2 is 1.33 bits per heavy atom. The van der Waals surface area contributed by atoms with Gasteiger partial charge in [0.15, 0.2) is 11.5 Å². The summed E-state index contributed by atoms with van der Waals surface area (Å²) in [6.45, 7) is 0. The SMILES string of the molecule is Oc1c(O)c(Br)c2cc(Br)ccc2c1Br. The molecule has 0 unspecified atom stereocenters. The predicted molar refractivity (Wildman–Crippen MR) is 70.4 cm³/mol. The summed E-state index contributed by atoms with van der Waals surface area (Å²) in [5, 5.41) is 20.9. The van der Waals surface area contributed by atoms with Crippen LogP contribution in [0.3, 0.4) is 0 Å². The first-order valence-electron chi connectivity index (χ1n) is 4.00. The lowest BCUT2D eigenvalue weighted by Crippen LogP contribution is -1.81. The summed E-state index contributed by atoms with van der Waals surface area (Å²) in [7, 11) is 0. The average molecular weight is 397 g/mol. The highest BCUT2D eigenvalue weighted by Gasteiger charge is 2.15. The maximum absolute atomic E-state index is 9.63. The molecule has 2 rings (SSSR count). The van der Waals surface area contributed by atoms with Crippen LogP contribution in [0.15, 0.2) is 31.6 Å². The molecule has 0 heterocycles. The molecule has 0 aliphatic rings. The summed E-state index contributed by atoms with van der Waals surface area (Å²) < 4.78 is 1.89. The Morgan fingerprint density at radius 3 is 1.93 bits per heavy atom. The van der Waals surface area contributed by atoms with E-state index in [0.29, 0.717) is 8.95 Å². The first-order chi connectivity index (χ1) is 7.02. The molecule has 0 radical (unpaired) electrons. The summed E-state index contributed by atoms with van der Waals surface area (Å²) in [6, 6.07) is 5.59. The quantitative estimate of drug-likeness (QED) is 0.642. The van der Waals surface area contributed by atoms with E-state index in [1.165, 1.54) is 0 Å². The van der Waals surface area contributed by atoms with Crippen molar-refractivity contribution < 1.29 is 10.2 Å². The first kappa shape index (κ1) is 11.2. The topological polar surface area (TPSA) is 40.5 Å². The smallest absolute Gasteiger partial charge is 0.173 e.